The normalized spacial score (nSPS) is 15.5. The van der Waals surface area contributed by atoms with Gasteiger partial charge in [0.15, 0.2) is 11.5 Å². The number of carbonyl (C=O) groups is 1. The number of ether oxygens (including phenoxy) is 3. The van der Waals surface area contributed by atoms with Gasteiger partial charge < -0.3 is 24.5 Å². The molecule has 6 nitrogen and oxygen atoms in total. The van der Waals surface area contributed by atoms with Crippen LogP contribution >= 0.6 is 0 Å². The quantitative estimate of drug-likeness (QED) is 0.640. The molecule has 4 rings (SSSR count). The Morgan fingerprint density at radius 1 is 1.10 bits per heavy atom. The number of aromatic nitrogens is 1. The third-order valence-corrected chi connectivity index (χ3v) is 5.87. The first kappa shape index (κ1) is 21.0. The lowest BCUT2D eigenvalue weighted by Crippen LogP contribution is -2.39. The van der Waals surface area contributed by atoms with E-state index in [9.17, 15) is 13.6 Å². The Morgan fingerprint density at radius 2 is 1.84 bits per heavy atom. The van der Waals surface area contributed by atoms with E-state index in [-0.39, 0.29) is 11.9 Å². The van der Waals surface area contributed by atoms with Crippen molar-refractivity contribution in [1.82, 2.24) is 10.3 Å². The molecular formula is C23H24F2N2O4. The molecule has 3 aromatic rings. The fourth-order valence-corrected chi connectivity index (χ4v) is 4.36. The van der Waals surface area contributed by atoms with E-state index in [1.54, 1.807) is 13.0 Å². The van der Waals surface area contributed by atoms with Gasteiger partial charge in [0.05, 0.1) is 26.8 Å². The molecule has 1 atom stereocenters. The van der Waals surface area contributed by atoms with Gasteiger partial charge in [0.1, 0.15) is 11.6 Å². The van der Waals surface area contributed by atoms with Crippen molar-refractivity contribution in [3.8, 4) is 17.2 Å². The Balaban J connectivity index is 1.62. The van der Waals surface area contributed by atoms with E-state index in [0.29, 0.717) is 58.5 Å². The zero-order chi connectivity index (χ0) is 22.3. The van der Waals surface area contributed by atoms with Crippen molar-refractivity contribution < 1.29 is 27.8 Å². The minimum absolute atomic E-state index is 0.177. The molecule has 0 radical (unpaired) electrons. The van der Waals surface area contributed by atoms with Gasteiger partial charge in [0.2, 0.25) is 5.75 Å². The molecule has 1 aliphatic carbocycles. The van der Waals surface area contributed by atoms with Crippen LogP contribution in [0.25, 0.3) is 10.9 Å². The molecule has 1 heterocycles. The first-order valence-corrected chi connectivity index (χ1v) is 9.96. The molecule has 0 saturated carbocycles. The van der Waals surface area contributed by atoms with Gasteiger partial charge in [0.25, 0.3) is 5.91 Å². The molecule has 31 heavy (non-hydrogen) atoms. The average Bonchev–Trinajstić information content (AvgIpc) is 3.11. The molecule has 1 aliphatic rings. The number of aryl methyl sites for hydroxylation is 1. The van der Waals surface area contributed by atoms with Crippen molar-refractivity contribution in [2.75, 3.05) is 21.3 Å². The van der Waals surface area contributed by atoms with Crippen LogP contribution in [-0.4, -0.2) is 38.3 Å². The number of hydrogen-bond acceptors (Lipinski definition) is 4. The largest absolute Gasteiger partial charge is 0.493 e. The molecule has 0 spiro atoms. The van der Waals surface area contributed by atoms with Crippen molar-refractivity contribution in [3.63, 3.8) is 0 Å². The van der Waals surface area contributed by atoms with E-state index < -0.39 is 11.6 Å². The second kappa shape index (κ2) is 8.09. The van der Waals surface area contributed by atoms with Gasteiger partial charge in [-0.15, -0.1) is 0 Å². The number of carbonyl (C=O) groups excluding carboxylic acids is 1. The van der Waals surface area contributed by atoms with Crippen LogP contribution in [-0.2, 0) is 12.8 Å². The lowest BCUT2D eigenvalue weighted by molar-refractivity contribution is 0.0932. The highest BCUT2D eigenvalue weighted by molar-refractivity contribution is 5.97. The average molecular weight is 430 g/mol. The minimum Gasteiger partial charge on any atom is -0.493 e. The Kier molecular flexibility index (Phi) is 5.47. The van der Waals surface area contributed by atoms with Gasteiger partial charge in [0, 0.05) is 34.3 Å². The van der Waals surface area contributed by atoms with E-state index in [0.717, 1.165) is 17.3 Å². The number of halogens is 2. The Morgan fingerprint density at radius 3 is 2.52 bits per heavy atom. The number of nitrogens with one attached hydrogen (secondary N) is 2. The summed E-state index contributed by atoms with van der Waals surface area (Å²) in [7, 11) is 4.50. The molecule has 8 heteroatoms. The number of hydrogen-bond donors (Lipinski definition) is 2. The summed E-state index contributed by atoms with van der Waals surface area (Å²) in [6.07, 6.45) is 1.79. The molecule has 1 unspecified atom stereocenters. The molecule has 2 aromatic carbocycles. The number of H-pyrrole nitrogens is 1. The van der Waals surface area contributed by atoms with Gasteiger partial charge in [-0.1, -0.05) is 0 Å². The summed E-state index contributed by atoms with van der Waals surface area (Å²) in [5.41, 5.74) is 3.07. The third-order valence-electron chi connectivity index (χ3n) is 5.87. The summed E-state index contributed by atoms with van der Waals surface area (Å²) in [5.74, 6) is -0.264. The highest BCUT2D eigenvalue weighted by Crippen LogP contribution is 2.41. The highest BCUT2D eigenvalue weighted by atomic mass is 19.1. The summed E-state index contributed by atoms with van der Waals surface area (Å²) < 4.78 is 44.1. The second-order valence-corrected chi connectivity index (χ2v) is 7.62. The van der Waals surface area contributed by atoms with Crippen molar-refractivity contribution in [3.05, 3.63) is 52.2 Å². The SMILES string of the molecule is COc1cc(C(=O)NC2CCc3[nH]c4c(F)cc(F)cc4c3C2)c(C)c(OC)c1OC. The fourth-order valence-electron chi connectivity index (χ4n) is 4.36. The van der Waals surface area contributed by atoms with Gasteiger partial charge >= 0.3 is 0 Å². The third kappa shape index (κ3) is 3.56. The van der Waals surface area contributed by atoms with Crippen LogP contribution in [0.1, 0.15) is 33.6 Å². The molecular weight excluding hydrogens is 406 g/mol. The van der Waals surface area contributed by atoms with Crippen molar-refractivity contribution in [2.24, 2.45) is 0 Å². The van der Waals surface area contributed by atoms with Crippen LogP contribution in [0.4, 0.5) is 8.78 Å². The summed E-state index contributed by atoms with van der Waals surface area (Å²) in [6, 6.07) is 3.65. The number of benzene rings is 2. The van der Waals surface area contributed by atoms with E-state index in [1.807, 2.05) is 0 Å². The lowest BCUT2D eigenvalue weighted by atomic mass is 9.91. The van der Waals surface area contributed by atoms with Crippen LogP contribution in [0.2, 0.25) is 0 Å². The van der Waals surface area contributed by atoms with Gasteiger partial charge in [-0.3, -0.25) is 4.79 Å². The zero-order valence-electron chi connectivity index (χ0n) is 17.8. The van der Waals surface area contributed by atoms with Crippen LogP contribution in [0, 0.1) is 18.6 Å². The number of rotatable bonds is 5. The smallest absolute Gasteiger partial charge is 0.252 e. The van der Waals surface area contributed by atoms with Crippen molar-refractivity contribution >= 4 is 16.8 Å². The number of methoxy groups -OCH3 is 3. The lowest BCUT2D eigenvalue weighted by Gasteiger charge is -2.24. The predicted molar refractivity (Wildman–Crippen MR) is 112 cm³/mol. The predicted octanol–water partition coefficient (Wildman–Crippen LogP) is 4.07. The monoisotopic (exact) mass is 430 g/mol. The molecule has 0 fully saturated rings. The topological polar surface area (TPSA) is 72.6 Å². The first-order chi connectivity index (χ1) is 14.9. The van der Waals surface area contributed by atoms with Crippen molar-refractivity contribution in [2.45, 2.75) is 32.2 Å². The first-order valence-electron chi connectivity index (χ1n) is 9.96. The Bertz CT molecular complexity index is 1170. The fraction of sp³-hybridized carbons (Fsp3) is 0.348. The highest BCUT2D eigenvalue weighted by Gasteiger charge is 2.27. The number of amides is 1. The van der Waals surface area contributed by atoms with Gasteiger partial charge in [-0.25, -0.2) is 8.78 Å². The van der Waals surface area contributed by atoms with Crippen LogP contribution in [0.15, 0.2) is 18.2 Å². The number of fused-ring (bicyclic) bond motifs is 3. The van der Waals surface area contributed by atoms with E-state index >= 15 is 0 Å². The summed E-state index contributed by atoms with van der Waals surface area (Å²) in [6.45, 7) is 1.78. The molecule has 0 aliphatic heterocycles. The minimum atomic E-state index is -0.619. The maximum Gasteiger partial charge on any atom is 0.252 e. The molecule has 0 saturated heterocycles. The van der Waals surface area contributed by atoms with E-state index in [4.69, 9.17) is 14.2 Å². The van der Waals surface area contributed by atoms with E-state index in [1.165, 1.54) is 27.4 Å². The van der Waals surface area contributed by atoms with E-state index in [2.05, 4.69) is 10.3 Å². The molecule has 1 amide bonds. The molecule has 0 bridgehead atoms. The molecule has 164 valence electrons. The molecule has 2 N–H and O–H groups in total. The standard InChI is InChI=1S/C23H24F2N2O4/c1-11-14(10-19(29-2)22(31-4)21(11)30-3)23(28)26-13-5-6-18-15(9-13)16-7-12(24)8-17(25)20(16)27-18/h7-8,10,13,27H,5-6,9H2,1-4H3,(H,26,28). The second-order valence-electron chi connectivity index (χ2n) is 7.62. The zero-order valence-corrected chi connectivity index (χ0v) is 17.8. The van der Waals surface area contributed by atoms with Crippen LogP contribution in [0.3, 0.4) is 0 Å². The summed E-state index contributed by atoms with van der Waals surface area (Å²) in [4.78, 5) is 16.2. The maximum atomic E-state index is 14.1. The van der Waals surface area contributed by atoms with Crippen molar-refractivity contribution in [1.29, 1.82) is 0 Å². The summed E-state index contributed by atoms with van der Waals surface area (Å²) >= 11 is 0. The van der Waals surface area contributed by atoms with Gasteiger partial charge in [-0.05, 0) is 43.9 Å². The number of aromatic amines is 1. The summed E-state index contributed by atoms with van der Waals surface area (Å²) in [5, 5.41) is 3.57. The molecule has 1 aromatic heterocycles. The maximum absolute atomic E-state index is 14.1. The van der Waals surface area contributed by atoms with Gasteiger partial charge in [-0.2, -0.15) is 0 Å². The Hall–Kier alpha value is -3.29. The Labute approximate surface area is 178 Å². The van der Waals surface area contributed by atoms with Crippen LogP contribution < -0.4 is 19.5 Å². The van der Waals surface area contributed by atoms with Crippen LogP contribution in [0.5, 0.6) is 17.2 Å².